The van der Waals surface area contributed by atoms with Crippen LogP contribution in [0.1, 0.15) is 43.0 Å². The minimum Gasteiger partial charge on any atom is -0.462 e. The van der Waals surface area contributed by atoms with Gasteiger partial charge in [-0.2, -0.15) is 0 Å². The van der Waals surface area contributed by atoms with E-state index in [0.717, 1.165) is 11.8 Å². The van der Waals surface area contributed by atoms with Gasteiger partial charge in [0.25, 0.3) is 5.92 Å². The van der Waals surface area contributed by atoms with E-state index in [0.29, 0.717) is 49.4 Å². The smallest absolute Gasteiger partial charge is 0.341 e. The van der Waals surface area contributed by atoms with Crippen LogP contribution < -0.4 is 5.32 Å². The van der Waals surface area contributed by atoms with Crippen LogP contribution >= 0.6 is 0 Å². The number of amides is 1. The van der Waals surface area contributed by atoms with Crippen LogP contribution in [0, 0.1) is 5.92 Å². The zero-order valence-corrected chi connectivity index (χ0v) is 16.2. The van der Waals surface area contributed by atoms with Crippen LogP contribution in [-0.4, -0.2) is 58.4 Å². The summed E-state index contributed by atoms with van der Waals surface area (Å²) in [6, 6.07) is 1.66. The number of piperidine rings is 1. The predicted molar refractivity (Wildman–Crippen MR) is 103 cm³/mol. The van der Waals surface area contributed by atoms with Crippen molar-refractivity contribution in [2.75, 3.05) is 25.0 Å². The lowest BCUT2D eigenvalue weighted by atomic mass is 10.0. The van der Waals surface area contributed by atoms with E-state index in [9.17, 15) is 18.4 Å². The van der Waals surface area contributed by atoms with Gasteiger partial charge in [0.1, 0.15) is 17.1 Å². The maximum Gasteiger partial charge on any atom is 0.341 e. The second-order valence-electron chi connectivity index (χ2n) is 7.71. The minimum atomic E-state index is -2.87. The lowest BCUT2D eigenvalue weighted by Crippen LogP contribution is -2.46. The first-order valence-corrected chi connectivity index (χ1v) is 9.97. The number of pyridine rings is 1. The van der Waals surface area contributed by atoms with Crippen LogP contribution in [-0.2, 0) is 9.53 Å². The maximum absolute atomic E-state index is 13.3. The molecule has 2 atom stereocenters. The third kappa shape index (κ3) is 3.90. The molecule has 2 N–H and O–H groups in total. The van der Waals surface area contributed by atoms with E-state index < -0.39 is 23.7 Å². The first-order valence-electron chi connectivity index (χ1n) is 9.97. The molecule has 7 nitrogen and oxygen atoms in total. The van der Waals surface area contributed by atoms with E-state index in [-0.39, 0.29) is 12.5 Å². The maximum atomic E-state index is 13.3. The van der Waals surface area contributed by atoms with E-state index >= 15 is 0 Å². The predicted octanol–water partition coefficient (Wildman–Crippen LogP) is 3.19. The lowest BCUT2D eigenvalue weighted by Gasteiger charge is -2.34. The average Bonchev–Trinajstić information content (AvgIpc) is 3.12. The van der Waals surface area contributed by atoms with Crippen LogP contribution in [0.25, 0.3) is 11.0 Å². The second kappa shape index (κ2) is 7.61. The molecule has 2 aliphatic rings. The molecule has 156 valence electrons. The highest BCUT2D eigenvalue weighted by Crippen LogP contribution is 2.49. The number of likely N-dealkylation sites (tertiary alicyclic amines) is 1. The number of nitrogens with zero attached hydrogens (tertiary/aromatic N) is 2. The van der Waals surface area contributed by atoms with Crippen molar-refractivity contribution in [3.05, 3.63) is 24.0 Å². The van der Waals surface area contributed by atoms with Gasteiger partial charge in [0, 0.05) is 43.3 Å². The second-order valence-corrected chi connectivity index (χ2v) is 7.71. The Kier molecular flexibility index (Phi) is 5.14. The number of anilines is 1. The number of nitrogens with one attached hydrogen (secondary N) is 2. The summed E-state index contributed by atoms with van der Waals surface area (Å²) in [5.41, 5.74) is 1.54. The number of H-pyrrole nitrogens is 1. The van der Waals surface area contributed by atoms with E-state index in [1.165, 1.54) is 11.1 Å². The van der Waals surface area contributed by atoms with E-state index in [4.69, 9.17) is 4.74 Å². The van der Waals surface area contributed by atoms with Gasteiger partial charge in [-0.1, -0.05) is 6.92 Å². The summed E-state index contributed by atoms with van der Waals surface area (Å²) < 4.78 is 31.9. The third-order valence-corrected chi connectivity index (χ3v) is 5.45. The van der Waals surface area contributed by atoms with Crippen molar-refractivity contribution in [3.63, 3.8) is 0 Å². The third-order valence-electron chi connectivity index (χ3n) is 5.45. The zero-order valence-electron chi connectivity index (χ0n) is 16.2. The van der Waals surface area contributed by atoms with Crippen molar-refractivity contribution in [1.29, 1.82) is 0 Å². The number of esters is 1. The number of carbonyl (C=O) groups excluding carboxylic acids is 2. The van der Waals surface area contributed by atoms with Gasteiger partial charge in [-0.25, -0.2) is 18.6 Å². The van der Waals surface area contributed by atoms with Crippen LogP contribution in [0.2, 0.25) is 0 Å². The van der Waals surface area contributed by atoms with E-state index in [1.54, 1.807) is 6.20 Å². The van der Waals surface area contributed by atoms with Crippen molar-refractivity contribution in [3.8, 4) is 0 Å². The fourth-order valence-corrected chi connectivity index (χ4v) is 3.79. The molecule has 1 aliphatic carbocycles. The molecule has 0 unspecified atom stereocenters. The van der Waals surface area contributed by atoms with E-state index in [1.807, 2.05) is 13.0 Å². The van der Waals surface area contributed by atoms with Gasteiger partial charge in [0.05, 0.1) is 12.3 Å². The number of carbonyl (C=O) groups is 2. The lowest BCUT2D eigenvalue weighted by molar-refractivity contribution is -0.135. The summed E-state index contributed by atoms with van der Waals surface area (Å²) in [6.45, 7) is 3.02. The number of aromatic amines is 1. The molecular formula is C20H24F2N4O3. The number of alkyl halides is 2. The molecule has 29 heavy (non-hydrogen) atoms. The summed E-state index contributed by atoms with van der Waals surface area (Å²) in [5, 5.41) is 4.10. The molecule has 0 bridgehead atoms. The largest absolute Gasteiger partial charge is 0.462 e. The number of fused-ring (bicyclic) bond motifs is 1. The topological polar surface area (TPSA) is 87.3 Å². The van der Waals surface area contributed by atoms with Gasteiger partial charge in [-0.3, -0.25) is 4.79 Å². The SMILES string of the molecule is CCCOC(=O)c1cnc2[nH]ccc2c1N[C@@H]1CCCN(C(=O)[C@H]2CC2(F)F)C1. The Morgan fingerprint density at radius 1 is 1.45 bits per heavy atom. The highest BCUT2D eigenvalue weighted by molar-refractivity contribution is 6.04. The van der Waals surface area contributed by atoms with Gasteiger partial charge in [-0.05, 0) is 25.3 Å². The number of aromatic nitrogens is 2. The molecule has 1 aliphatic heterocycles. The van der Waals surface area contributed by atoms with Gasteiger partial charge < -0.3 is 19.9 Å². The molecule has 2 aromatic heterocycles. The molecule has 0 spiro atoms. The fraction of sp³-hybridized carbons (Fsp3) is 0.550. The van der Waals surface area contributed by atoms with Crippen molar-refractivity contribution in [2.24, 2.45) is 5.92 Å². The molecule has 2 aromatic rings. The molecule has 1 saturated heterocycles. The number of hydrogen-bond donors (Lipinski definition) is 2. The quantitative estimate of drug-likeness (QED) is 0.720. The number of hydrogen-bond acceptors (Lipinski definition) is 5. The first-order chi connectivity index (χ1) is 13.9. The minimum absolute atomic E-state index is 0.154. The molecule has 1 saturated carbocycles. The normalized spacial score (nSPS) is 23.1. The van der Waals surface area contributed by atoms with Crippen LogP contribution in [0.4, 0.5) is 14.5 Å². The molecule has 9 heteroatoms. The van der Waals surface area contributed by atoms with Gasteiger partial charge >= 0.3 is 5.97 Å². The zero-order chi connectivity index (χ0) is 20.6. The van der Waals surface area contributed by atoms with Gasteiger partial charge in [0.15, 0.2) is 0 Å². The molecule has 1 amide bonds. The summed E-state index contributed by atoms with van der Waals surface area (Å²) in [6.07, 6.45) is 5.02. The van der Waals surface area contributed by atoms with Crippen molar-refractivity contribution >= 4 is 28.6 Å². The summed E-state index contributed by atoms with van der Waals surface area (Å²) >= 11 is 0. The number of halogens is 2. The summed E-state index contributed by atoms with van der Waals surface area (Å²) in [4.78, 5) is 33.7. The molecule has 0 aromatic carbocycles. The molecule has 0 radical (unpaired) electrons. The Bertz CT molecular complexity index is 930. The first kappa shape index (κ1) is 19.6. The van der Waals surface area contributed by atoms with Crippen LogP contribution in [0.15, 0.2) is 18.5 Å². The fourth-order valence-electron chi connectivity index (χ4n) is 3.79. The monoisotopic (exact) mass is 406 g/mol. The Morgan fingerprint density at radius 2 is 2.24 bits per heavy atom. The van der Waals surface area contributed by atoms with Crippen LogP contribution in [0.5, 0.6) is 0 Å². The van der Waals surface area contributed by atoms with Crippen molar-refractivity contribution < 1.29 is 23.1 Å². The van der Waals surface area contributed by atoms with Gasteiger partial charge in [-0.15, -0.1) is 0 Å². The molecule has 4 rings (SSSR count). The Morgan fingerprint density at radius 3 is 2.97 bits per heavy atom. The average molecular weight is 406 g/mol. The van der Waals surface area contributed by atoms with E-state index in [2.05, 4.69) is 15.3 Å². The molecule has 2 fully saturated rings. The van der Waals surface area contributed by atoms with Gasteiger partial charge in [0.2, 0.25) is 5.91 Å². The van der Waals surface area contributed by atoms with Crippen molar-refractivity contribution in [1.82, 2.24) is 14.9 Å². The molecule has 3 heterocycles. The highest BCUT2D eigenvalue weighted by atomic mass is 19.3. The van der Waals surface area contributed by atoms with Crippen molar-refractivity contribution in [2.45, 2.75) is 44.6 Å². The van der Waals surface area contributed by atoms with Crippen LogP contribution in [0.3, 0.4) is 0 Å². The Hall–Kier alpha value is -2.71. The number of ether oxygens (including phenoxy) is 1. The summed E-state index contributed by atoms with van der Waals surface area (Å²) in [5.74, 6) is -4.99. The standard InChI is InChI=1S/C20H24F2N4O3/c1-2-8-29-19(28)14-10-24-17-13(5-6-23-17)16(14)25-12-4-3-7-26(11-12)18(27)15-9-20(15,21)22/h5-6,10,12,15H,2-4,7-9,11H2,1H3,(H2,23,24,25)/t12-,15-/m1/s1. The molecular weight excluding hydrogens is 382 g/mol. The Labute approximate surface area is 166 Å². The highest BCUT2D eigenvalue weighted by Gasteiger charge is 2.62. The number of rotatable bonds is 6. The summed E-state index contributed by atoms with van der Waals surface area (Å²) in [7, 11) is 0. The Balaban J connectivity index is 1.54.